The normalized spacial score (nSPS) is 23.3. The van der Waals surface area contributed by atoms with Crippen LogP contribution in [0, 0.1) is 0 Å². The summed E-state index contributed by atoms with van der Waals surface area (Å²) in [6, 6.07) is 24.6. The molecule has 1 aliphatic rings. The van der Waals surface area contributed by atoms with Crippen molar-refractivity contribution < 1.29 is 38.4 Å². The number of aliphatic hydroxyl groups excluding tert-OH is 1. The van der Waals surface area contributed by atoms with E-state index in [0.29, 0.717) is 5.56 Å². The molecule has 0 bridgehead atoms. The van der Waals surface area contributed by atoms with Gasteiger partial charge in [0.05, 0.1) is 16.7 Å². The summed E-state index contributed by atoms with van der Waals surface area (Å²) in [6.07, 6.45) is -6.67. The Morgan fingerprint density at radius 1 is 0.694 bits per heavy atom. The van der Waals surface area contributed by atoms with Crippen molar-refractivity contribution in [1.29, 1.82) is 0 Å². The molecule has 3 aromatic carbocycles. The Morgan fingerprint density at radius 2 is 1.11 bits per heavy atom. The van der Waals surface area contributed by atoms with E-state index in [0.717, 1.165) is 0 Å². The predicted octanol–water partition coefficient (Wildman–Crippen LogP) is 2.34. The van der Waals surface area contributed by atoms with Crippen molar-refractivity contribution in [3.8, 4) is 0 Å². The molecule has 0 unspecified atom stereocenters. The predicted molar refractivity (Wildman–Crippen MR) is 127 cm³/mol. The van der Waals surface area contributed by atoms with Crippen molar-refractivity contribution in [2.45, 2.75) is 30.6 Å². The number of esters is 3. The van der Waals surface area contributed by atoms with E-state index in [4.69, 9.17) is 24.7 Å². The van der Waals surface area contributed by atoms with E-state index < -0.39 is 48.6 Å². The molecule has 0 aromatic heterocycles. The molecule has 0 radical (unpaired) electrons. The zero-order chi connectivity index (χ0) is 25.5. The summed E-state index contributed by atoms with van der Waals surface area (Å²) >= 11 is 0. The summed E-state index contributed by atoms with van der Waals surface area (Å²) in [4.78, 5) is 37.8. The van der Waals surface area contributed by atoms with E-state index in [1.165, 1.54) is 12.1 Å². The Morgan fingerprint density at radius 3 is 1.58 bits per heavy atom. The Balaban J connectivity index is 1.52. The Kier molecular flexibility index (Phi) is 8.06. The number of aliphatic hydroxyl groups is 1. The van der Waals surface area contributed by atoms with Gasteiger partial charge < -0.3 is 29.8 Å². The molecule has 36 heavy (non-hydrogen) atoms. The van der Waals surface area contributed by atoms with Crippen LogP contribution < -0.4 is 5.73 Å². The minimum atomic E-state index is -1.52. The van der Waals surface area contributed by atoms with Gasteiger partial charge in [0.1, 0.15) is 25.0 Å². The van der Waals surface area contributed by atoms with Crippen molar-refractivity contribution >= 4 is 17.9 Å². The zero-order valence-electron chi connectivity index (χ0n) is 19.1. The highest BCUT2D eigenvalue weighted by atomic mass is 16.6. The molecule has 1 saturated heterocycles. The maximum atomic E-state index is 12.8. The number of hydrogen-bond acceptors (Lipinski definition) is 9. The maximum Gasteiger partial charge on any atom is 0.338 e. The monoisotopic (exact) mass is 491 g/mol. The smallest absolute Gasteiger partial charge is 0.338 e. The molecule has 186 valence electrons. The van der Waals surface area contributed by atoms with Crippen LogP contribution in [-0.2, 0) is 18.9 Å². The van der Waals surface area contributed by atoms with Gasteiger partial charge in [-0.05, 0) is 36.4 Å². The first kappa shape index (κ1) is 25.1. The fraction of sp³-hybridized carbons (Fsp3) is 0.222. The summed E-state index contributed by atoms with van der Waals surface area (Å²) in [7, 11) is 0. The number of benzene rings is 3. The van der Waals surface area contributed by atoms with Gasteiger partial charge in [-0.3, -0.25) is 0 Å². The average Bonchev–Trinajstić information content (AvgIpc) is 2.92. The topological polar surface area (TPSA) is 134 Å². The molecule has 5 atom stereocenters. The van der Waals surface area contributed by atoms with Gasteiger partial charge in [-0.2, -0.15) is 0 Å². The van der Waals surface area contributed by atoms with Gasteiger partial charge in [-0.1, -0.05) is 54.6 Å². The first-order chi connectivity index (χ1) is 17.4. The number of rotatable bonds is 7. The van der Waals surface area contributed by atoms with Crippen molar-refractivity contribution in [3.05, 3.63) is 108 Å². The Bertz CT molecular complexity index is 1170. The third kappa shape index (κ3) is 5.95. The molecule has 0 saturated carbocycles. The third-order valence-corrected chi connectivity index (χ3v) is 5.59. The standard InChI is InChI=1S/C27H25NO8/c28-24-23(36-27(32)19-14-8-3-9-15-19)22(35-26(31)18-12-6-2-7-13-18)21(29)20(34-24)16-33-25(30)17-10-4-1-5-11-17/h1-15,20-24,29H,16,28H2/t20-,21-,22+,23-,24-/m1/s1. The minimum absolute atomic E-state index is 0.227. The van der Waals surface area contributed by atoms with Crippen LogP contribution in [0.15, 0.2) is 91.0 Å². The number of hydrogen-bond donors (Lipinski definition) is 2. The van der Waals surface area contributed by atoms with Gasteiger partial charge >= 0.3 is 17.9 Å². The molecule has 1 heterocycles. The summed E-state index contributed by atoms with van der Waals surface area (Å²) in [6.45, 7) is -0.374. The molecule has 0 spiro atoms. The van der Waals surface area contributed by atoms with Crippen LogP contribution >= 0.6 is 0 Å². The summed E-state index contributed by atoms with van der Waals surface area (Å²) in [5, 5.41) is 11.0. The first-order valence-electron chi connectivity index (χ1n) is 11.3. The average molecular weight is 491 g/mol. The van der Waals surface area contributed by atoms with Crippen LogP contribution in [0.5, 0.6) is 0 Å². The summed E-state index contributed by atoms with van der Waals surface area (Å²) in [5.41, 5.74) is 6.92. The molecule has 1 fully saturated rings. The van der Waals surface area contributed by atoms with Crippen molar-refractivity contribution in [3.63, 3.8) is 0 Å². The van der Waals surface area contributed by atoms with Crippen LogP contribution in [0.25, 0.3) is 0 Å². The lowest BCUT2D eigenvalue weighted by Gasteiger charge is -2.42. The van der Waals surface area contributed by atoms with Crippen molar-refractivity contribution in [1.82, 2.24) is 0 Å². The maximum absolute atomic E-state index is 12.8. The number of carbonyl (C=O) groups is 3. The Hall–Kier alpha value is -4.05. The van der Waals surface area contributed by atoms with Gasteiger partial charge in [0.25, 0.3) is 0 Å². The molecular formula is C27H25NO8. The van der Waals surface area contributed by atoms with E-state index in [1.807, 2.05) is 0 Å². The van der Waals surface area contributed by atoms with Crippen LogP contribution in [0.1, 0.15) is 31.1 Å². The van der Waals surface area contributed by atoms with Crippen LogP contribution in [0.2, 0.25) is 0 Å². The molecule has 1 aliphatic heterocycles. The van der Waals surface area contributed by atoms with Gasteiger partial charge in [0.2, 0.25) is 0 Å². The second-order valence-electron chi connectivity index (χ2n) is 8.07. The first-order valence-corrected chi connectivity index (χ1v) is 11.3. The van der Waals surface area contributed by atoms with Gasteiger partial charge in [-0.15, -0.1) is 0 Å². The zero-order valence-corrected chi connectivity index (χ0v) is 19.1. The fourth-order valence-electron chi connectivity index (χ4n) is 3.71. The van der Waals surface area contributed by atoms with Gasteiger partial charge in [0.15, 0.2) is 12.2 Å². The summed E-state index contributed by atoms with van der Waals surface area (Å²) < 4.78 is 22.0. The molecular weight excluding hydrogens is 466 g/mol. The fourth-order valence-corrected chi connectivity index (χ4v) is 3.71. The molecule has 9 heteroatoms. The SMILES string of the molecule is N[C@@H]1O[C@H](COC(=O)c2ccccc2)[C@@H](O)[C@H](OC(=O)c2ccccc2)[C@H]1OC(=O)c1ccccc1. The largest absolute Gasteiger partial charge is 0.459 e. The van der Waals surface area contributed by atoms with Crippen LogP contribution in [0.3, 0.4) is 0 Å². The molecule has 4 rings (SSSR count). The van der Waals surface area contributed by atoms with Gasteiger partial charge in [-0.25, -0.2) is 14.4 Å². The molecule has 0 amide bonds. The molecule has 0 aliphatic carbocycles. The number of carbonyl (C=O) groups excluding carboxylic acids is 3. The lowest BCUT2D eigenvalue weighted by molar-refractivity contribution is -0.227. The number of nitrogens with two attached hydrogens (primary N) is 1. The number of ether oxygens (including phenoxy) is 4. The Labute approximate surface area is 207 Å². The van der Waals surface area contributed by atoms with Crippen molar-refractivity contribution in [2.75, 3.05) is 6.61 Å². The lowest BCUT2D eigenvalue weighted by atomic mass is 9.97. The minimum Gasteiger partial charge on any atom is -0.459 e. The van der Waals surface area contributed by atoms with Gasteiger partial charge in [0, 0.05) is 0 Å². The molecule has 3 N–H and O–H groups in total. The second-order valence-corrected chi connectivity index (χ2v) is 8.07. The van der Waals surface area contributed by atoms with Crippen molar-refractivity contribution in [2.24, 2.45) is 5.73 Å². The highest BCUT2D eigenvalue weighted by Crippen LogP contribution is 2.26. The molecule has 9 nitrogen and oxygen atoms in total. The highest BCUT2D eigenvalue weighted by molar-refractivity contribution is 5.90. The van der Waals surface area contributed by atoms with E-state index in [9.17, 15) is 19.5 Å². The van der Waals surface area contributed by atoms with E-state index in [1.54, 1.807) is 78.9 Å². The van der Waals surface area contributed by atoms with E-state index in [-0.39, 0.29) is 17.7 Å². The third-order valence-electron chi connectivity index (χ3n) is 5.59. The lowest BCUT2D eigenvalue weighted by Crippen LogP contribution is -2.63. The van der Waals surface area contributed by atoms with Crippen LogP contribution in [-0.4, -0.2) is 60.3 Å². The quantitative estimate of drug-likeness (QED) is 0.377. The van der Waals surface area contributed by atoms with E-state index in [2.05, 4.69) is 0 Å². The van der Waals surface area contributed by atoms with Crippen LogP contribution in [0.4, 0.5) is 0 Å². The second kappa shape index (κ2) is 11.6. The summed E-state index contributed by atoms with van der Waals surface area (Å²) in [5.74, 6) is -2.12. The molecule has 3 aromatic rings. The highest BCUT2D eigenvalue weighted by Gasteiger charge is 2.49. The van der Waals surface area contributed by atoms with E-state index >= 15 is 0 Å².